The van der Waals surface area contributed by atoms with Gasteiger partial charge in [-0.15, -0.1) is 0 Å². The number of amides is 1. The number of carbonyl (C=O) groups excluding carboxylic acids is 1. The van der Waals surface area contributed by atoms with Crippen molar-refractivity contribution in [3.63, 3.8) is 0 Å². The molecular formula is C19H21IN2O3S2. The van der Waals surface area contributed by atoms with E-state index in [-0.39, 0.29) is 16.8 Å². The number of benzene rings is 2. The highest BCUT2D eigenvalue weighted by molar-refractivity contribution is 14.1. The number of thioether (sulfide) groups is 1. The summed E-state index contributed by atoms with van der Waals surface area (Å²) in [6.45, 7) is 4.45. The van der Waals surface area contributed by atoms with Crippen LogP contribution in [0.2, 0.25) is 0 Å². The van der Waals surface area contributed by atoms with Crippen molar-refractivity contribution in [3.05, 3.63) is 57.2 Å². The number of nitrogens with one attached hydrogen (secondary N) is 1. The van der Waals surface area contributed by atoms with Gasteiger partial charge in [0.25, 0.3) is 5.91 Å². The number of hydrogen-bond acceptors (Lipinski definition) is 4. The smallest absolute Gasteiger partial charge is 0.255 e. The highest BCUT2D eigenvalue weighted by atomic mass is 127. The lowest BCUT2D eigenvalue weighted by molar-refractivity contribution is 0.102. The number of sulfonamides is 1. The maximum absolute atomic E-state index is 12.9. The number of rotatable bonds is 4. The minimum Gasteiger partial charge on any atom is -0.322 e. The second-order valence-electron chi connectivity index (χ2n) is 6.48. The summed E-state index contributed by atoms with van der Waals surface area (Å²) in [6, 6.07) is 11.9. The first-order valence-corrected chi connectivity index (χ1v) is 12.2. The largest absolute Gasteiger partial charge is 0.322 e. The second kappa shape index (κ2) is 8.50. The molecule has 2 aromatic carbocycles. The van der Waals surface area contributed by atoms with Gasteiger partial charge in [-0.2, -0.15) is 16.1 Å². The van der Waals surface area contributed by atoms with Crippen LogP contribution in [0.25, 0.3) is 0 Å². The van der Waals surface area contributed by atoms with Gasteiger partial charge in [0.05, 0.1) is 4.90 Å². The minimum atomic E-state index is -3.51. The van der Waals surface area contributed by atoms with Gasteiger partial charge in [-0.1, -0.05) is 6.07 Å². The summed E-state index contributed by atoms with van der Waals surface area (Å²) in [5, 5.41) is 2.82. The van der Waals surface area contributed by atoms with Gasteiger partial charge in [-0.25, -0.2) is 8.42 Å². The summed E-state index contributed by atoms with van der Waals surface area (Å²) in [4.78, 5) is 12.7. The van der Waals surface area contributed by atoms with Gasteiger partial charge in [-0.05, 0) is 78.4 Å². The first-order valence-electron chi connectivity index (χ1n) is 8.56. The maximum Gasteiger partial charge on any atom is 0.255 e. The molecule has 0 bridgehead atoms. The summed E-state index contributed by atoms with van der Waals surface area (Å²) in [7, 11) is -3.51. The number of halogens is 1. The van der Waals surface area contributed by atoms with Gasteiger partial charge in [0.2, 0.25) is 10.0 Å². The fraction of sp³-hybridized carbons (Fsp3) is 0.316. The summed E-state index contributed by atoms with van der Waals surface area (Å²) >= 11 is 3.97. The Morgan fingerprint density at radius 3 is 2.56 bits per heavy atom. The summed E-state index contributed by atoms with van der Waals surface area (Å²) in [5.41, 5.74) is 2.25. The van der Waals surface area contributed by atoms with Crippen LogP contribution in [0.3, 0.4) is 0 Å². The van der Waals surface area contributed by atoms with Crippen molar-refractivity contribution in [1.29, 1.82) is 0 Å². The third kappa shape index (κ3) is 4.67. The van der Waals surface area contributed by atoms with E-state index in [0.29, 0.717) is 17.8 Å². The first-order chi connectivity index (χ1) is 12.8. The minimum absolute atomic E-state index is 0.0165. The number of anilines is 1. The van der Waals surface area contributed by atoms with E-state index in [0.717, 1.165) is 20.6 Å². The Morgan fingerprint density at radius 2 is 1.93 bits per heavy atom. The Hall–Kier alpha value is -1.10. The lowest BCUT2D eigenvalue weighted by atomic mass is 10.1. The maximum atomic E-state index is 12.9. The Kier molecular flexibility index (Phi) is 6.50. The number of nitrogens with zero attached hydrogens (tertiary/aromatic N) is 1. The molecule has 5 nitrogen and oxygen atoms in total. The quantitative estimate of drug-likeness (QED) is 0.625. The van der Waals surface area contributed by atoms with Crippen molar-refractivity contribution < 1.29 is 13.2 Å². The normalized spacial score (nSPS) is 18.3. The molecule has 27 heavy (non-hydrogen) atoms. The van der Waals surface area contributed by atoms with Crippen LogP contribution in [0.4, 0.5) is 5.69 Å². The van der Waals surface area contributed by atoms with Gasteiger partial charge in [-0.3, -0.25) is 4.79 Å². The van der Waals surface area contributed by atoms with Crippen LogP contribution in [0.15, 0.2) is 47.4 Å². The Balaban J connectivity index is 1.75. The zero-order chi connectivity index (χ0) is 19.6. The summed E-state index contributed by atoms with van der Waals surface area (Å²) in [5.74, 6) is 1.40. The van der Waals surface area contributed by atoms with E-state index >= 15 is 0 Å². The third-order valence-corrected chi connectivity index (χ3v) is 8.84. The van der Waals surface area contributed by atoms with Crippen LogP contribution in [0.5, 0.6) is 0 Å². The second-order valence-corrected chi connectivity index (χ2v) is 10.7. The molecule has 0 radical (unpaired) electrons. The van der Waals surface area contributed by atoms with Crippen LogP contribution in [0, 0.1) is 10.5 Å². The molecule has 144 valence electrons. The average Bonchev–Trinajstić information content (AvgIpc) is 2.64. The molecule has 1 aliphatic rings. The topological polar surface area (TPSA) is 66.5 Å². The number of hydrogen-bond donors (Lipinski definition) is 1. The average molecular weight is 516 g/mol. The van der Waals surface area contributed by atoms with Crippen LogP contribution >= 0.6 is 34.4 Å². The van der Waals surface area contributed by atoms with E-state index in [9.17, 15) is 13.2 Å². The molecule has 1 atom stereocenters. The van der Waals surface area contributed by atoms with Crippen molar-refractivity contribution in [3.8, 4) is 0 Å². The molecule has 2 aromatic rings. The molecule has 0 aromatic heterocycles. The fourth-order valence-corrected chi connectivity index (χ4v) is 6.22. The van der Waals surface area contributed by atoms with Crippen LogP contribution < -0.4 is 5.32 Å². The van der Waals surface area contributed by atoms with Crippen LogP contribution in [-0.4, -0.2) is 42.7 Å². The zero-order valence-corrected chi connectivity index (χ0v) is 18.9. The Labute approximate surface area is 178 Å². The Bertz CT molecular complexity index is 946. The molecule has 8 heteroatoms. The third-order valence-electron chi connectivity index (χ3n) is 4.46. The molecule has 1 saturated heterocycles. The van der Waals surface area contributed by atoms with E-state index in [1.807, 2.05) is 26.0 Å². The van der Waals surface area contributed by atoms with E-state index in [1.54, 1.807) is 46.4 Å². The van der Waals surface area contributed by atoms with Gasteiger partial charge < -0.3 is 5.32 Å². The molecule has 0 spiro atoms. The SMILES string of the molecule is Cc1ccc(C(=O)Nc2ccc(S(=O)(=O)N3CCSC[C@H]3C)cc2)cc1I. The molecule has 1 fully saturated rings. The van der Waals surface area contributed by atoms with E-state index in [2.05, 4.69) is 27.9 Å². The predicted octanol–water partition coefficient (Wildman–Crippen LogP) is 3.98. The van der Waals surface area contributed by atoms with E-state index in [4.69, 9.17) is 0 Å². The van der Waals surface area contributed by atoms with Gasteiger partial charge >= 0.3 is 0 Å². The lowest BCUT2D eigenvalue weighted by Gasteiger charge is -2.31. The van der Waals surface area contributed by atoms with Gasteiger partial charge in [0.15, 0.2) is 0 Å². The van der Waals surface area contributed by atoms with Crippen molar-refractivity contribution in [2.45, 2.75) is 24.8 Å². The molecule has 0 aliphatic carbocycles. The van der Waals surface area contributed by atoms with Gasteiger partial charge in [0.1, 0.15) is 0 Å². The van der Waals surface area contributed by atoms with E-state index < -0.39 is 10.0 Å². The fourth-order valence-electron chi connectivity index (χ4n) is 2.85. The van der Waals surface area contributed by atoms with Crippen LogP contribution in [-0.2, 0) is 10.0 Å². The van der Waals surface area contributed by atoms with Crippen molar-refractivity contribution >= 4 is 56.0 Å². The van der Waals surface area contributed by atoms with Crippen molar-refractivity contribution in [2.75, 3.05) is 23.4 Å². The monoisotopic (exact) mass is 516 g/mol. The standard InChI is InChI=1S/C19H21IN2O3S2/c1-13-3-4-15(11-18(13)20)19(23)21-16-5-7-17(8-6-16)27(24,25)22-9-10-26-12-14(22)2/h3-8,11,14H,9-10,12H2,1-2H3,(H,21,23)/t14-/m1/s1. The van der Waals surface area contributed by atoms with Gasteiger partial charge in [0, 0.05) is 38.9 Å². The molecule has 0 saturated carbocycles. The lowest BCUT2D eigenvalue weighted by Crippen LogP contribution is -2.44. The summed E-state index contributed by atoms with van der Waals surface area (Å²) < 4.78 is 28.3. The number of aryl methyl sites for hydroxylation is 1. The zero-order valence-electron chi connectivity index (χ0n) is 15.1. The molecular weight excluding hydrogens is 495 g/mol. The highest BCUT2D eigenvalue weighted by Gasteiger charge is 2.31. The molecule has 0 unspecified atom stereocenters. The predicted molar refractivity (Wildman–Crippen MR) is 119 cm³/mol. The summed E-state index contributed by atoms with van der Waals surface area (Å²) in [6.07, 6.45) is 0. The van der Waals surface area contributed by atoms with Crippen LogP contribution in [0.1, 0.15) is 22.8 Å². The molecule has 3 rings (SSSR count). The van der Waals surface area contributed by atoms with E-state index in [1.165, 1.54) is 0 Å². The first kappa shape index (κ1) is 20.6. The molecule has 1 amide bonds. The Morgan fingerprint density at radius 1 is 1.22 bits per heavy atom. The van der Waals surface area contributed by atoms with Crippen molar-refractivity contribution in [2.24, 2.45) is 0 Å². The molecule has 1 N–H and O–H groups in total. The number of carbonyl (C=O) groups is 1. The van der Waals surface area contributed by atoms with Crippen molar-refractivity contribution in [1.82, 2.24) is 4.31 Å². The highest BCUT2D eigenvalue weighted by Crippen LogP contribution is 2.25. The molecule has 1 aliphatic heterocycles. The molecule has 1 heterocycles.